The van der Waals surface area contributed by atoms with Crippen LogP contribution in [0.2, 0.25) is 0 Å². The van der Waals surface area contributed by atoms with Gasteiger partial charge in [0.05, 0.1) is 18.8 Å². The molecule has 2 N–H and O–H groups in total. The zero-order chi connectivity index (χ0) is 16.9. The van der Waals surface area contributed by atoms with Crippen molar-refractivity contribution < 1.29 is 9.15 Å². The lowest BCUT2D eigenvalue weighted by Crippen LogP contribution is -2.36. The van der Waals surface area contributed by atoms with E-state index in [2.05, 4.69) is 30.4 Å². The number of pyridine rings is 1. The van der Waals surface area contributed by atoms with E-state index < -0.39 is 0 Å². The molecule has 3 aromatic heterocycles. The molecule has 0 aliphatic carbocycles. The lowest BCUT2D eigenvalue weighted by atomic mass is 10.2. The molecule has 0 amide bonds. The van der Waals surface area contributed by atoms with Gasteiger partial charge in [0.15, 0.2) is 0 Å². The number of ether oxygens (including phenoxy) is 1. The van der Waals surface area contributed by atoms with Crippen LogP contribution >= 0.6 is 0 Å². The minimum atomic E-state index is 0.454. The van der Waals surface area contributed by atoms with E-state index in [1.807, 2.05) is 18.3 Å². The summed E-state index contributed by atoms with van der Waals surface area (Å²) in [5.74, 6) is 0.478. The van der Waals surface area contributed by atoms with Crippen LogP contribution in [0.25, 0.3) is 22.5 Å². The third-order valence-electron chi connectivity index (χ3n) is 4.35. The van der Waals surface area contributed by atoms with Crippen LogP contribution in [0, 0.1) is 0 Å². The second-order valence-corrected chi connectivity index (χ2v) is 6.14. The van der Waals surface area contributed by atoms with Crippen LogP contribution in [0.1, 0.15) is 12.8 Å². The Balaban J connectivity index is 1.25. The molecule has 1 aliphatic rings. The van der Waals surface area contributed by atoms with E-state index in [4.69, 9.17) is 9.15 Å². The number of fused-ring (bicyclic) bond motifs is 1. The SMILES string of the molecule is c1cc2cc(-c3nnc(NCCCCN4CCOCC4)o3)cnc2[nH]1. The van der Waals surface area contributed by atoms with E-state index in [1.165, 1.54) is 0 Å². The fourth-order valence-corrected chi connectivity index (χ4v) is 2.95. The summed E-state index contributed by atoms with van der Waals surface area (Å²) in [6, 6.07) is 4.41. The van der Waals surface area contributed by atoms with Crippen molar-refractivity contribution in [3.05, 3.63) is 24.5 Å². The maximum Gasteiger partial charge on any atom is 0.315 e. The molecule has 4 rings (SSSR count). The number of aromatic amines is 1. The fraction of sp³-hybridized carbons (Fsp3) is 0.471. The summed E-state index contributed by atoms with van der Waals surface area (Å²) < 4.78 is 11.0. The van der Waals surface area contributed by atoms with E-state index in [9.17, 15) is 0 Å². The van der Waals surface area contributed by atoms with Gasteiger partial charge in [0.25, 0.3) is 5.89 Å². The van der Waals surface area contributed by atoms with Crippen molar-refractivity contribution in [2.75, 3.05) is 44.7 Å². The minimum absolute atomic E-state index is 0.454. The first-order valence-corrected chi connectivity index (χ1v) is 8.69. The number of aromatic nitrogens is 4. The van der Waals surface area contributed by atoms with E-state index >= 15 is 0 Å². The quantitative estimate of drug-likeness (QED) is 0.636. The molecule has 0 aromatic carbocycles. The van der Waals surface area contributed by atoms with Crippen molar-refractivity contribution >= 4 is 17.0 Å². The monoisotopic (exact) mass is 342 g/mol. The number of H-pyrrole nitrogens is 1. The van der Waals surface area contributed by atoms with Crippen molar-refractivity contribution in [3.63, 3.8) is 0 Å². The highest BCUT2D eigenvalue weighted by molar-refractivity contribution is 5.79. The normalized spacial score (nSPS) is 15.7. The summed E-state index contributed by atoms with van der Waals surface area (Å²) >= 11 is 0. The van der Waals surface area contributed by atoms with Crippen LogP contribution in [0.15, 0.2) is 28.9 Å². The van der Waals surface area contributed by atoms with E-state index in [0.717, 1.165) is 68.8 Å². The Labute approximate surface area is 145 Å². The Morgan fingerprint density at radius 1 is 1.20 bits per heavy atom. The molecule has 0 spiro atoms. The van der Waals surface area contributed by atoms with Gasteiger partial charge in [0.1, 0.15) is 5.65 Å². The van der Waals surface area contributed by atoms with Gasteiger partial charge in [0, 0.05) is 37.4 Å². The Morgan fingerprint density at radius 3 is 3.04 bits per heavy atom. The summed E-state index contributed by atoms with van der Waals surface area (Å²) in [6.07, 6.45) is 5.80. The molecule has 0 saturated carbocycles. The van der Waals surface area contributed by atoms with Gasteiger partial charge in [-0.1, -0.05) is 5.10 Å². The van der Waals surface area contributed by atoms with Crippen molar-refractivity contribution in [1.82, 2.24) is 25.1 Å². The standard InChI is InChI=1S/C17H22N6O2/c1(2-6-23-7-9-24-10-8-23)4-19-17-22-21-16(25-17)14-11-13-3-5-18-15(13)20-12-14/h3,5,11-12H,1-2,4,6-10H2,(H,18,20)(H,19,22). The van der Waals surface area contributed by atoms with Crippen molar-refractivity contribution in [2.45, 2.75) is 12.8 Å². The largest absolute Gasteiger partial charge is 0.403 e. The summed E-state index contributed by atoms with van der Waals surface area (Å²) in [5.41, 5.74) is 1.67. The van der Waals surface area contributed by atoms with Gasteiger partial charge in [-0.2, -0.15) is 0 Å². The number of anilines is 1. The van der Waals surface area contributed by atoms with Crippen molar-refractivity contribution in [1.29, 1.82) is 0 Å². The second-order valence-electron chi connectivity index (χ2n) is 6.14. The van der Waals surface area contributed by atoms with Gasteiger partial charge in [-0.15, -0.1) is 5.10 Å². The third kappa shape index (κ3) is 3.97. The van der Waals surface area contributed by atoms with E-state index in [-0.39, 0.29) is 0 Å². The van der Waals surface area contributed by atoms with Crippen LogP contribution < -0.4 is 5.32 Å². The smallest absolute Gasteiger partial charge is 0.315 e. The molecule has 1 fully saturated rings. The number of morpholine rings is 1. The van der Waals surface area contributed by atoms with E-state index in [0.29, 0.717) is 11.9 Å². The first-order chi connectivity index (χ1) is 12.4. The molecular weight excluding hydrogens is 320 g/mol. The van der Waals surface area contributed by atoms with Gasteiger partial charge >= 0.3 is 6.01 Å². The minimum Gasteiger partial charge on any atom is -0.403 e. The molecule has 4 heterocycles. The van der Waals surface area contributed by atoms with Gasteiger partial charge in [-0.25, -0.2) is 4.98 Å². The number of hydrogen-bond acceptors (Lipinski definition) is 7. The molecule has 1 aliphatic heterocycles. The summed E-state index contributed by atoms with van der Waals surface area (Å²) in [6.45, 7) is 5.72. The predicted molar refractivity (Wildman–Crippen MR) is 94.4 cm³/mol. The molecule has 25 heavy (non-hydrogen) atoms. The molecule has 8 nitrogen and oxygen atoms in total. The molecule has 8 heteroatoms. The van der Waals surface area contributed by atoms with Gasteiger partial charge in [0.2, 0.25) is 0 Å². The Hall–Kier alpha value is -2.45. The third-order valence-corrected chi connectivity index (χ3v) is 4.35. The van der Waals surface area contributed by atoms with Crippen LogP contribution in [0.5, 0.6) is 0 Å². The van der Waals surface area contributed by atoms with Gasteiger partial charge < -0.3 is 19.5 Å². The maximum absolute atomic E-state index is 5.68. The highest BCUT2D eigenvalue weighted by atomic mass is 16.5. The average molecular weight is 342 g/mol. The first kappa shape index (κ1) is 16.0. The molecule has 0 unspecified atom stereocenters. The van der Waals surface area contributed by atoms with Crippen molar-refractivity contribution in [3.8, 4) is 11.5 Å². The molecule has 3 aromatic rings. The Bertz CT molecular complexity index is 808. The van der Waals surface area contributed by atoms with Crippen LogP contribution in [-0.4, -0.2) is 64.5 Å². The van der Waals surface area contributed by atoms with Gasteiger partial charge in [-0.05, 0) is 31.5 Å². The first-order valence-electron chi connectivity index (χ1n) is 8.69. The molecule has 1 saturated heterocycles. The maximum atomic E-state index is 5.68. The molecule has 0 atom stereocenters. The van der Waals surface area contributed by atoms with Crippen LogP contribution in [-0.2, 0) is 4.74 Å². The zero-order valence-electron chi connectivity index (χ0n) is 14.1. The average Bonchev–Trinajstić information content (AvgIpc) is 3.31. The van der Waals surface area contributed by atoms with Gasteiger partial charge in [-0.3, -0.25) is 4.90 Å². The fourth-order valence-electron chi connectivity index (χ4n) is 2.95. The number of rotatable bonds is 7. The van der Waals surface area contributed by atoms with Crippen molar-refractivity contribution in [2.24, 2.45) is 0 Å². The molecular formula is C17H22N6O2. The Morgan fingerprint density at radius 2 is 2.12 bits per heavy atom. The number of nitrogens with one attached hydrogen (secondary N) is 2. The number of unbranched alkanes of at least 4 members (excludes halogenated alkanes) is 1. The lowest BCUT2D eigenvalue weighted by Gasteiger charge is -2.26. The lowest BCUT2D eigenvalue weighted by molar-refractivity contribution is 0.0373. The summed E-state index contributed by atoms with van der Waals surface area (Å²) in [7, 11) is 0. The molecule has 0 radical (unpaired) electrons. The number of nitrogens with zero attached hydrogens (tertiary/aromatic N) is 4. The number of hydrogen-bond donors (Lipinski definition) is 2. The predicted octanol–water partition coefficient (Wildman–Crippen LogP) is 2.14. The Kier molecular flexibility index (Phi) is 4.89. The van der Waals surface area contributed by atoms with Crippen LogP contribution in [0.3, 0.4) is 0 Å². The highest BCUT2D eigenvalue weighted by Gasteiger charge is 2.11. The summed E-state index contributed by atoms with van der Waals surface area (Å²) in [4.78, 5) is 9.85. The summed E-state index contributed by atoms with van der Waals surface area (Å²) in [5, 5.41) is 12.4. The highest BCUT2D eigenvalue weighted by Crippen LogP contribution is 2.22. The second kappa shape index (κ2) is 7.62. The van der Waals surface area contributed by atoms with E-state index in [1.54, 1.807) is 6.20 Å². The van der Waals surface area contributed by atoms with Crippen LogP contribution in [0.4, 0.5) is 6.01 Å². The molecule has 132 valence electrons. The molecule has 0 bridgehead atoms. The topological polar surface area (TPSA) is 92.1 Å². The zero-order valence-corrected chi connectivity index (χ0v) is 14.1.